The fraction of sp³-hybridized carbons (Fsp3) is 0.632. The van der Waals surface area contributed by atoms with Gasteiger partial charge in [0.15, 0.2) is 0 Å². The molecule has 1 aromatic carbocycles. The first-order valence-corrected chi connectivity index (χ1v) is 8.18. The third kappa shape index (κ3) is 7.31. The van der Waals surface area contributed by atoms with Gasteiger partial charge in [0.05, 0.1) is 6.61 Å². The lowest BCUT2D eigenvalue weighted by Gasteiger charge is -2.16. The minimum atomic E-state index is -0.235. The van der Waals surface area contributed by atoms with E-state index < -0.39 is 0 Å². The predicted molar refractivity (Wildman–Crippen MR) is 88.9 cm³/mol. The summed E-state index contributed by atoms with van der Waals surface area (Å²) in [4.78, 5) is 11.9. The van der Waals surface area contributed by atoms with Gasteiger partial charge in [0.25, 0.3) is 0 Å². The van der Waals surface area contributed by atoms with Crippen molar-refractivity contribution < 1.29 is 9.53 Å². The number of carbonyl (C=O) groups excluding carboxylic acids is 1. The predicted octanol–water partition coefficient (Wildman–Crippen LogP) is 5.19. The Bertz CT molecular complexity index is 412. The molecule has 0 atom stereocenters. The van der Waals surface area contributed by atoms with Crippen LogP contribution in [0.3, 0.4) is 0 Å². The highest BCUT2D eigenvalue weighted by molar-refractivity contribution is 5.83. The lowest BCUT2D eigenvalue weighted by molar-refractivity contribution is -0.126. The SMILES string of the molecule is CCCCCCOc1ccc(CCC(=O)C(C)(C)C)cc1. The van der Waals surface area contributed by atoms with Crippen molar-refractivity contribution in [3.8, 4) is 5.75 Å². The summed E-state index contributed by atoms with van der Waals surface area (Å²) < 4.78 is 5.72. The molecule has 0 saturated heterocycles. The molecule has 0 saturated carbocycles. The highest BCUT2D eigenvalue weighted by Crippen LogP contribution is 2.19. The van der Waals surface area contributed by atoms with Crippen LogP contribution in [0.2, 0.25) is 0 Å². The topological polar surface area (TPSA) is 26.3 Å². The fourth-order valence-electron chi connectivity index (χ4n) is 2.10. The second-order valence-corrected chi connectivity index (χ2v) is 6.73. The molecule has 0 unspecified atom stereocenters. The molecule has 0 fully saturated rings. The van der Waals surface area contributed by atoms with Crippen molar-refractivity contribution >= 4 is 5.78 Å². The summed E-state index contributed by atoms with van der Waals surface area (Å²) in [5, 5.41) is 0. The van der Waals surface area contributed by atoms with E-state index in [9.17, 15) is 4.79 Å². The highest BCUT2D eigenvalue weighted by Gasteiger charge is 2.20. The van der Waals surface area contributed by atoms with Crippen LogP contribution in [0.5, 0.6) is 5.75 Å². The molecular weight excluding hydrogens is 260 g/mol. The monoisotopic (exact) mass is 290 g/mol. The number of aryl methyl sites for hydroxylation is 1. The molecule has 1 rings (SSSR count). The Balaban J connectivity index is 2.32. The van der Waals surface area contributed by atoms with Gasteiger partial charge in [-0.15, -0.1) is 0 Å². The number of carbonyl (C=O) groups is 1. The molecule has 0 amide bonds. The molecule has 118 valence electrons. The van der Waals surface area contributed by atoms with Gasteiger partial charge in [-0.3, -0.25) is 4.79 Å². The van der Waals surface area contributed by atoms with E-state index in [0.29, 0.717) is 12.2 Å². The number of benzene rings is 1. The van der Waals surface area contributed by atoms with Gasteiger partial charge in [-0.05, 0) is 30.5 Å². The van der Waals surface area contributed by atoms with Gasteiger partial charge in [0.2, 0.25) is 0 Å². The normalized spacial score (nSPS) is 11.4. The van der Waals surface area contributed by atoms with Gasteiger partial charge in [0.1, 0.15) is 11.5 Å². The number of unbranched alkanes of at least 4 members (excludes halogenated alkanes) is 3. The van der Waals surface area contributed by atoms with E-state index in [1.807, 2.05) is 32.9 Å². The van der Waals surface area contributed by atoms with Crippen LogP contribution in [0.1, 0.15) is 65.4 Å². The third-order valence-corrected chi connectivity index (χ3v) is 3.67. The molecule has 0 heterocycles. The van der Waals surface area contributed by atoms with Gasteiger partial charge in [-0.25, -0.2) is 0 Å². The Labute approximate surface area is 129 Å². The second kappa shape index (κ2) is 8.86. The Kier molecular flexibility index (Phi) is 7.49. The van der Waals surface area contributed by atoms with Crippen LogP contribution in [-0.4, -0.2) is 12.4 Å². The van der Waals surface area contributed by atoms with E-state index >= 15 is 0 Å². The third-order valence-electron chi connectivity index (χ3n) is 3.67. The van der Waals surface area contributed by atoms with Gasteiger partial charge < -0.3 is 4.74 Å². The number of ether oxygens (including phenoxy) is 1. The molecule has 0 radical (unpaired) electrons. The molecule has 2 heteroatoms. The van der Waals surface area contributed by atoms with Crippen LogP contribution in [0.4, 0.5) is 0 Å². The van der Waals surface area contributed by atoms with E-state index in [0.717, 1.165) is 25.2 Å². The first-order valence-electron chi connectivity index (χ1n) is 8.18. The highest BCUT2D eigenvalue weighted by atomic mass is 16.5. The lowest BCUT2D eigenvalue weighted by atomic mass is 9.87. The number of hydrogen-bond acceptors (Lipinski definition) is 2. The molecule has 0 aromatic heterocycles. The summed E-state index contributed by atoms with van der Waals surface area (Å²) in [5.74, 6) is 1.25. The van der Waals surface area contributed by atoms with Gasteiger partial charge in [-0.1, -0.05) is 59.1 Å². The van der Waals surface area contributed by atoms with Crippen molar-refractivity contribution in [2.24, 2.45) is 5.41 Å². The second-order valence-electron chi connectivity index (χ2n) is 6.73. The molecule has 0 spiro atoms. The molecule has 0 N–H and O–H groups in total. The standard InChI is InChI=1S/C19H30O2/c1-5-6-7-8-15-21-17-12-9-16(10-13-17)11-14-18(20)19(2,3)4/h9-10,12-13H,5-8,11,14-15H2,1-4H3. The number of ketones is 1. The molecule has 0 aliphatic rings. The minimum Gasteiger partial charge on any atom is -0.494 e. The quantitative estimate of drug-likeness (QED) is 0.585. The average molecular weight is 290 g/mol. The summed E-state index contributed by atoms with van der Waals surface area (Å²) in [6.45, 7) is 8.94. The molecule has 2 nitrogen and oxygen atoms in total. The number of Topliss-reactive ketones (excluding diaryl/α,β-unsaturated/α-hetero) is 1. The van der Waals surface area contributed by atoms with Gasteiger partial charge in [0, 0.05) is 11.8 Å². The number of rotatable bonds is 9. The van der Waals surface area contributed by atoms with Crippen molar-refractivity contribution in [2.75, 3.05) is 6.61 Å². The van der Waals surface area contributed by atoms with E-state index in [2.05, 4.69) is 19.1 Å². The van der Waals surface area contributed by atoms with Gasteiger partial charge >= 0.3 is 0 Å². The van der Waals surface area contributed by atoms with E-state index in [1.54, 1.807) is 0 Å². The Hall–Kier alpha value is -1.31. The smallest absolute Gasteiger partial charge is 0.138 e. The molecule has 0 aliphatic heterocycles. The summed E-state index contributed by atoms with van der Waals surface area (Å²) in [6.07, 6.45) is 6.32. The minimum absolute atomic E-state index is 0.235. The van der Waals surface area contributed by atoms with E-state index in [1.165, 1.54) is 24.8 Å². The fourth-order valence-corrected chi connectivity index (χ4v) is 2.10. The molecular formula is C19H30O2. The zero-order valence-electron chi connectivity index (χ0n) is 14.1. The summed E-state index contributed by atoms with van der Waals surface area (Å²) in [5.41, 5.74) is 0.965. The van der Waals surface area contributed by atoms with Crippen molar-refractivity contribution in [3.05, 3.63) is 29.8 Å². The van der Waals surface area contributed by atoms with Crippen LogP contribution in [0.25, 0.3) is 0 Å². The van der Waals surface area contributed by atoms with Crippen molar-refractivity contribution in [1.29, 1.82) is 0 Å². The summed E-state index contributed by atoms with van der Waals surface area (Å²) in [7, 11) is 0. The molecule has 0 aliphatic carbocycles. The van der Waals surface area contributed by atoms with Crippen LogP contribution >= 0.6 is 0 Å². The first-order chi connectivity index (χ1) is 9.93. The Morgan fingerprint density at radius 2 is 1.71 bits per heavy atom. The Morgan fingerprint density at radius 1 is 1.05 bits per heavy atom. The molecule has 1 aromatic rings. The maximum absolute atomic E-state index is 11.9. The number of hydrogen-bond donors (Lipinski definition) is 0. The van der Waals surface area contributed by atoms with E-state index in [-0.39, 0.29) is 5.41 Å². The summed E-state index contributed by atoms with van der Waals surface area (Å²) >= 11 is 0. The molecule has 21 heavy (non-hydrogen) atoms. The average Bonchev–Trinajstić information content (AvgIpc) is 2.44. The van der Waals surface area contributed by atoms with Crippen LogP contribution in [0, 0.1) is 5.41 Å². The van der Waals surface area contributed by atoms with Crippen LogP contribution in [0.15, 0.2) is 24.3 Å². The zero-order valence-corrected chi connectivity index (χ0v) is 14.1. The van der Waals surface area contributed by atoms with Crippen molar-refractivity contribution in [3.63, 3.8) is 0 Å². The zero-order chi connectivity index (χ0) is 15.7. The van der Waals surface area contributed by atoms with Crippen molar-refractivity contribution in [1.82, 2.24) is 0 Å². The van der Waals surface area contributed by atoms with Crippen LogP contribution in [-0.2, 0) is 11.2 Å². The van der Waals surface area contributed by atoms with Crippen LogP contribution < -0.4 is 4.74 Å². The molecule has 0 bridgehead atoms. The maximum atomic E-state index is 11.9. The first kappa shape index (κ1) is 17.7. The lowest BCUT2D eigenvalue weighted by Crippen LogP contribution is -2.20. The summed E-state index contributed by atoms with van der Waals surface area (Å²) in [6, 6.07) is 8.15. The largest absolute Gasteiger partial charge is 0.494 e. The van der Waals surface area contributed by atoms with Gasteiger partial charge in [-0.2, -0.15) is 0 Å². The van der Waals surface area contributed by atoms with Crippen molar-refractivity contribution in [2.45, 2.75) is 66.2 Å². The maximum Gasteiger partial charge on any atom is 0.138 e. The van der Waals surface area contributed by atoms with E-state index in [4.69, 9.17) is 4.74 Å². The Morgan fingerprint density at radius 3 is 2.29 bits per heavy atom.